The van der Waals surface area contributed by atoms with Gasteiger partial charge in [-0.1, -0.05) is 12.1 Å². The first-order valence-corrected chi connectivity index (χ1v) is 8.15. The number of nitrogens with zero attached hydrogens (tertiary/aromatic N) is 4. The summed E-state index contributed by atoms with van der Waals surface area (Å²) in [6, 6.07) is 6.35. The minimum Gasteiger partial charge on any atom is -0.373 e. The monoisotopic (exact) mass is 339 g/mol. The summed E-state index contributed by atoms with van der Waals surface area (Å²) in [6.07, 6.45) is 4.18. The lowest BCUT2D eigenvalue weighted by atomic mass is 10.1. The Morgan fingerprint density at radius 2 is 2.20 bits per heavy atom. The van der Waals surface area contributed by atoms with Crippen LogP contribution in [0.3, 0.4) is 0 Å². The van der Waals surface area contributed by atoms with E-state index in [1.807, 2.05) is 32.3 Å². The van der Waals surface area contributed by atoms with E-state index in [0.29, 0.717) is 29.6 Å². The van der Waals surface area contributed by atoms with Crippen LogP contribution in [0.5, 0.6) is 0 Å². The van der Waals surface area contributed by atoms with Gasteiger partial charge in [-0.05, 0) is 25.5 Å². The molecule has 0 spiro atoms. The molecule has 4 rings (SSSR count). The Bertz CT molecular complexity index is 967. The van der Waals surface area contributed by atoms with Crippen molar-refractivity contribution in [3.63, 3.8) is 0 Å². The molecular weight excluding hydrogens is 321 g/mol. The van der Waals surface area contributed by atoms with Gasteiger partial charge in [-0.3, -0.25) is 9.48 Å². The number of fused-ring (bicyclic) bond motifs is 1. The van der Waals surface area contributed by atoms with E-state index in [9.17, 15) is 9.18 Å². The SMILES string of the molecule is Cc1cc(NC2CCN(c3cnn(C)c3)C2=O)c2cccc(F)c2n1. The first-order valence-electron chi connectivity index (χ1n) is 8.15. The summed E-state index contributed by atoms with van der Waals surface area (Å²) >= 11 is 0. The van der Waals surface area contributed by atoms with Gasteiger partial charge in [0, 0.05) is 36.6 Å². The Kier molecular flexibility index (Phi) is 3.63. The van der Waals surface area contributed by atoms with Gasteiger partial charge in [0.25, 0.3) is 0 Å². The molecule has 25 heavy (non-hydrogen) atoms. The summed E-state index contributed by atoms with van der Waals surface area (Å²) < 4.78 is 15.7. The molecule has 1 aromatic carbocycles. The molecule has 1 N–H and O–H groups in total. The minimum absolute atomic E-state index is 0.00739. The van der Waals surface area contributed by atoms with Gasteiger partial charge in [0.2, 0.25) is 5.91 Å². The van der Waals surface area contributed by atoms with E-state index >= 15 is 0 Å². The number of aromatic nitrogens is 3. The third kappa shape index (κ3) is 2.71. The second kappa shape index (κ2) is 5.84. The van der Waals surface area contributed by atoms with Gasteiger partial charge in [-0.2, -0.15) is 5.10 Å². The van der Waals surface area contributed by atoms with Crippen molar-refractivity contribution in [3.05, 3.63) is 48.2 Å². The summed E-state index contributed by atoms with van der Waals surface area (Å²) in [5.74, 6) is -0.369. The van der Waals surface area contributed by atoms with E-state index in [-0.39, 0.29) is 17.8 Å². The van der Waals surface area contributed by atoms with Crippen molar-refractivity contribution in [2.24, 2.45) is 7.05 Å². The molecule has 1 amide bonds. The lowest BCUT2D eigenvalue weighted by Crippen LogP contribution is -2.33. The van der Waals surface area contributed by atoms with Crippen LogP contribution in [0.2, 0.25) is 0 Å². The first kappa shape index (κ1) is 15.6. The summed E-state index contributed by atoms with van der Waals surface area (Å²) in [5.41, 5.74) is 2.54. The average Bonchev–Trinajstić information content (AvgIpc) is 3.15. The molecule has 0 bridgehead atoms. The number of para-hydroxylation sites is 1. The highest BCUT2D eigenvalue weighted by Gasteiger charge is 2.33. The Morgan fingerprint density at radius 3 is 2.96 bits per heavy atom. The van der Waals surface area contributed by atoms with E-state index in [1.54, 1.807) is 21.8 Å². The molecule has 1 atom stereocenters. The quantitative estimate of drug-likeness (QED) is 0.797. The molecule has 6 nitrogen and oxygen atoms in total. The van der Waals surface area contributed by atoms with Crippen molar-refractivity contribution in [1.82, 2.24) is 14.8 Å². The predicted octanol–water partition coefficient (Wildman–Crippen LogP) is 2.63. The van der Waals surface area contributed by atoms with Crippen LogP contribution in [-0.4, -0.2) is 33.3 Å². The van der Waals surface area contributed by atoms with Crippen LogP contribution in [0.4, 0.5) is 15.8 Å². The number of hydrogen-bond donors (Lipinski definition) is 1. The van der Waals surface area contributed by atoms with E-state index in [4.69, 9.17) is 0 Å². The standard InChI is InChI=1S/C18H18FN5O/c1-11-8-16(13-4-3-5-14(19)17(13)21-11)22-15-6-7-24(18(15)25)12-9-20-23(2)10-12/h3-5,8-10,15H,6-7H2,1-2H3,(H,21,22). The fourth-order valence-electron chi connectivity index (χ4n) is 3.27. The van der Waals surface area contributed by atoms with Crippen LogP contribution in [0, 0.1) is 12.7 Å². The van der Waals surface area contributed by atoms with Gasteiger partial charge in [-0.25, -0.2) is 9.37 Å². The van der Waals surface area contributed by atoms with Crippen LogP contribution < -0.4 is 10.2 Å². The summed E-state index contributed by atoms with van der Waals surface area (Å²) in [5, 5.41) is 8.08. The molecule has 1 unspecified atom stereocenters. The Hall–Kier alpha value is -2.96. The van der Waals surface area contributed by atoms with Crippen molar-refractivity contribution < 1.29 is 9.18 Å². The number of carbonyl (C=O) groups excluding carboxylic acids is 1. The number of aryl methyl sites for hydroxylation is 2. The smallest absolute Gasteiger partial charge is 0.249 e. The number of anilines is 2. The van der Waals surface area contributed by atoms with Gasteiger partial charge >= 0.3 is 0 Å². The zero-order valence-corrected chi connectivity index (χ0v) is 14.0. The molecule has 7 heteroatoms. The highest BCUT2D eigenvalue weighted by molar-refractivity contribution is 6.02. The molecule has 1 aliphatic heterocycles. The van der Waals surface area contributed by atoms with Gasteiger partial charge < -0.3 is 10.2 Å². The number of benzene rings is 1. The molecule has 0 aliphatic carbocycles. The molecule has 3 heterocycles. The van der Waals surface area contributed by atoms with E-state index in [2.05, 4.69) is 15.4 Å². The number of hydrogen-bond acceptors (Lipinski definition) is 4. The van der Waals surface area contributed by atoms with Crippen LogP contribution >= 0.6 is 0 Å². The molecule has 1 aliphatic rings. The van der Waals surface area contributed by atoms with Gasteiger partial charge in [-0.15, -0.1) is 0 Å². The van der Waals surface area contributed by atoms with E-state index < -0.39 is 0 Å². The fourth-order valence-corrected chi connectivity index (χ4v) is 3.27. The van der Waals surface area contributed by atoms with Gasteiger partial charge in [0.05, 0.1) is 11.9 Å². The molecule has 0 radical (unpaired) electrons. The Labute approximate surface area is 144 Å². The number of carbonyl (C=O) groups is 1. The minimum atomic E-state index is -0.362. The van der Waals surface area contributed by atoms with Gasteiger partial charge in [0.1, 0.15) is 17.4 Å². The molecular formula is C18H18FN5O. The van der Waals surface area contributed by atoms with Gasteiger partial charge in [0.15, 0.2) is 0 Å². The molecule has 0 saturated carbocycles. The molecule has 1 saturated heterocycles. The number of rotatable bonds is 3. The predicted molar refractivity (Wildman–Crippen MR) is 94.0 cm³/mol. The van der Waals surface area contributed by atoms with Crippen molar-refractivity contribution in [1.29, 1.82) is 0 Å². The van der Waals surface area contributed by atoms with Crippen molar-refractivity contribution in [3.8, 4) is 0 Å². The Morgan fingerprint density at radius 1 is 1.36 bits per heavy atom. The zero-order valence-electron chi connectivity index (χ0n) is 14.0. The van der Waals surface area contributed by atoms with Crippen LogP contribution in [0.1, 0.15) is 12.1 Å². The normalized spacial score (nSPS) is 17.5. The topological polar surface area (TPSA) is 63.1 Å². The maximum atomic E-state index is 14.0. The van der Waals surface area contributed by atoms with Crippen LogP contribution in [0.15, 0.2) is 36.7 Å². The molecule has 3 aromatic rings. The van der Waals surface area contributed by atoms with Crippen molar-refractivity contribution >= 4 is 28.2 Å². The van der Waals surface area contributed by atoms with E-state index in [1.165, 1.54) is 6.07 Å². The molecule has 128 valence electrons. The number of amides is 1. The second-order valence-electron chi connectivity index (χ2n) is 6.29. The maximum Gasteiger partial charge on any atom is 0.249 e. The summed E-state index contributed by atoms with van der Waals surface area (Å²) in [6.45, 7) is 2.44. The van der Waals surface area contributed by atoms with E-state index in [0.717, 1.165) is 11.4 Å². The van der Waals surface area contributed by atoms with Crippen LogP contribution in [0.25, 0.3) is 10.9 Å². The number of halogens is 1. The maximum absolute atomic E-state index is 14.0. The largest absolute Gasteiger partial charge is 0.373 e. The zero-order chi connectivity index (χ0) is 17.6. The van der Waals surface area contributed by atoms with Crippen LogP contribution in [-0.2, 0) is 11.8 Å². The second-order valence-corrected chi connectivity index (χ2v) is 6.29. The third-order valence-corrected chi connectivity index (χ3v) is 4.46. The molecule has 2 aromatic heterocycles. The average molecular weight is 339 g/mol. The highest BCUT2D eigenvalue weighted by Crippen LogP contribution is 2.28. The summed E-state index contributed by atoms with van der Waals surface area (Å²) in [4.78, 5) is 18.7. The number of nitrogens with one attached hydrogen (secondary N) is 1. The lowest BCUT2D eigenvalue weighted by Gasteiger charge is -2.17. The molecule has 1 fully saturated rings. The van der Waals surface area contributed by atoms with Crippen molar-refractivity contribution in [2.75, 3.05) is 16.8 Å². The number of pyridine rings is 1. The third-order valence-electron chi connectivity index (χ3n) is 4.46. The highest BCUT2D eigenvalue weighted by atomic mass is 19.1. The van der Waals surface area contributed by atoms with Crippen molar-refractivity contribution in [2.45, 2.75) is 19.4 Å². The lowest BCUT2D eigenvalue weighted by molar-refractivity contribution is -0.117. The Balaban J connectivity index is 1.64. The summed E-state index contributed by atoms with van der Waals surface area (Å²) in [7, 11) is 1.82. The first-order chi connectivity index (χ1) is 12.0. The fraction of sp³-hybridized carbons (Fsp3) is 0.278.